The number of carbonyl (C=O) groups is 1. The third-order valence-corrected chi connectivity index (χ3v) is 3.60. The Bertz CT molecular complexity index is 446. The first-order chi connectivity index (χ1) is 9.90. The minimum absolute atomic E-state index is 0.230. The van der Waals surface area contributed by atoms with E-state index < -0.39 is 5.54 Å². The maximum Gasteiger partial charge on any atom is 0.325 e. The van der Waals surface area contributed by atoms with Crippen molar-refractivity contribution >= 4 is 11.7 Å². The van der Waals surface area contributed by atoms with Crippen LogP contribution in [0.1, 0.15) is 33.1 Å². The number of benzene rings is 1. The number of carbonyl (C=O) groups excluding carboxylic acids is 1. The first-order valence-corrected chi connectivity index (χ1v) is 7.28. The average Bonchev–Trinajstić information content (AvgIpc) is 2.47. The number of unbranched alkanes of at least 4 members (excludes halogenated alkanes) is 1. The van der Waals surface area contributed by atoms with Crippen LogP contribution in [0.3, 0.4) is 0 Å². The first kappa shape index (κ1) is 17.4. The summed E-state index contributed by atoms with van der Waals surface area (Å²) in [7, 11) is 1.35. The highest BCUT2D eigenvalue weighted by molar-refractivity contribution is 5.79. The van der Waals surface area contributed by atoms with Gasteiger partial charge in [0.2, 0.25) is 0 Å². The van der Waals surface area contributed by atoms with Crippen molar-refractivity contribution in [3.8, 4) is 0 Å². The van der Waals surface area contributed by atoms with Crippen molar-refractivity contribution in [2.75, 3.05) is 25.1 Å². The van der Waals surface area contributed by atoms with Gasteiger partial charge in [0, 0.05) is 18.8 Å². The molecule has 0 saturated carbocycles. The summed E-state index contributed by atoms with van der Waals surface area (Å²) in [5, 5.41) is 0. The number of esters is 1. The maximum absolute atomic E-state index is 12.9. The van der Waals surface area contributed by atoms with Gasteiger partial charge in [0.15, 0.2) is 0 Å². The molecule has 0 aliphatic heterocycles. The molecule has 21 heavy (non-hydrogen) atoms. The van der Waals surface area contributed by atoms with E-state index in [1.807, 2.05) is 0 Å². The lowest BCUT2D eigenvalue weighted by Crippen LogP contribution is -2.45. The second kappa shape index (κ2) is 7.98. The summed E-state index contributed by atoms with van der Waals surface area (Å²) in [5.41, 5.74) is 5.99. The molecule has 1 aromatic rings. The number of hydrogen-bond acceptors (Lipinski definition) is 4. The Morgan fingerprint density at radius 2 is 1.95 bits per heavy atom. The molecule has 0 spiro atoms. The van der Waals surface area contributed by atoms with E-state index in [4.69, 9.17) is 5.73 Å². The lowest BCUT2D eigenvalue weighted by Gasteiger charge is -2.25. The fourth-order valence-corrected chi connectivity index (χ4v) is 2.25. The van der Waals surface area contributed by atoms with Crippen LogP contribution in [0.2, 0.25) is 0 Å². The molecule has 118 valence electrons. The number of nitrogens with zero attached hydrogens (tertiary/aromatic N) is 1. The lowest BCUT2D eigenvalue weighted by molar-refractivity contribution is -0.146. The van der Waals surface area contributed by atoms with Crippen LogP contribution in [0.4, 0.5) is 10.1 Å². The van der Waals surface area contributed by atoms with Gasteiger partial charge in [-0.25, -0.2) is 4.39 Å². The van der Waals surface area contributed by atoms with Crippen molar-refractivity contribution in [2.45, 2.75) is 38.6 Å². The standard InChI is InChI=1S/C16H25FN2O2/c1-4-19(14-9-7-13(17)8-10-14)12-6-5-11-16(2,18)15(20)21-3/h7-10H,4-6,11-12,18H2,1-3H3. The van der Waals surface area contributed by atoms with E-state index in [-0.39, 0.29) is 11.8 Å². The van der Waals surface area contributed by atoms with E-state index in [1.54, 1.807) is 19.1 Å². The topological polar surface area (TPSA) is 55.6 Å². The van der Waals surface area contributed by atoms with Gasteiger partial charge in [-0.3, -0.25) is 4.79 Å². The van der Waals surface area contributed by atoms with Gasteiger partial charge in [0.25, 0.3) is 0 Å². The predicted molar refractivity (Wildman–Crippen MR) is 82.7 cm³/mol. The minimum Gasteiger partial charge on any atom is -0.468 e. The van der Waals surface area contributed by atoms with Crippen LogP contribution in [0.15, 0.2) is 24.3 Å². The Kier molecular flexibility index (Phi) is 6.62. The third kappa shape index (κ3) is 5.34. The zero-order chi connectivity index (χ0) is 15.9. The largest absolute Gasteiger partial charge is 0.468 e. The number of halogens is 1. The van der Waals surface area contributed by atoms with Gasteiger partial charge in [-0.1, -0.05) is 0 Å². The molecule has 1 aromatic carbocycles. The van der Waals surface area contributed by atoms with Crippen LogP contribution in [-0.2, 0) is 9.53 Å². The molecule has 0 amide bonds. The van der Waals surface area contributed by atoms with E-state index >= 15 is 0 Å². The molecule has 0 heterocycles. The molecular weight excluding hydrogens is 271 g/mol. The molecule has 1 rings (SSSR count). The summed E-state index contributed by atoms with van der Waals surface area (Å²) < 4.78 is 17.6. The Morgan fingerprint density at radius 3 is 2.48 bits per heavy atom. The zero-order valence-electron chi connectivity index (χ0n) is 13.1. The van der Waals surface area contributed by atoms with Crippen molar-refractivity contribution in [3.05, 3.63) is 30.1 Å². The molecule has 2 N–H and O–H groups in total. The van der Waals surface area contributed by atoms with E-state index in [0.29, 0.717) is 6.42 Å². The van der Waals surface area contributed by atoms with Crippen molar-refractivity contribution in [1.82, 2.24) is 0 Å². The second-order valence-electron chi connectivity index (χ2n) is 5.42. The normalized spacial score (nSPS) is 13.6. The smallest absolute Gasteiger partial charge is 0.325 e. The average molecular weight is 296 g/mol. The van der Waals surface area contributed by atoms with Crippen LogP contribution in [-0.4, -0.2) is 31.7 Å². The van der Waals surface area contributed by atoms with Crippen molar-refractivity contribution in [1.29, 1.82) is 0 Å². The predicted octanol–water partition coefficient (Wildman–Crippen LogP) is 2.71. The summed E-state index contributed by atoms with van der Waals surface area (Å²) >= 11 is 0. The highest BCUT2D eigenvalue weighted by Crippen LogP contribution is 2.17. The Balaban J connectivity index is 2.43. The number of methoxy groups -OCH3 is 1. The van der Waals surface area contributed by atoms with E-state index in [1.165, 1.54) is 19.2 Å². The molecule has 4 nitrogen and oxygen atoms in total. The summed E-state index contributed by atoms with van der Waals surface area (Å²) in [6.45, 7) is 5.45. The number of anilines is 1. The minimum atomic E-state index is -0.929. The molecule has 0 radical (unpaired) electrons. The van der Waals surface area contributed by atoms with Gasteiger partial charge in [-0.05, 0) is 57.4 Å². The number of rotatable bonds is 8. The molecule has 0 aliphatic carbocycles. The Labute approximate surface area is 126 Å². The van der Waals surface area contributed by atoms with Gasteiger partial charge in [0.1, 0.15) is 11.4 Å². The van der Waals surface area contributed by atoms with Crippen molar-refractivity contribution in [3.63, 3.8) is 0 Å². The van der Waals surface area contributed by atoms with Gasteiger partial charge in [-0.15, -0.1) is 0 Å². The molecule has 0 bridgehead atoms. The maximum atomic E-state index is 12.9. The molecule has 0 aliphatic rings. The third-order valence-electron chi connectivity index (χ3n) is 3.60. The SMILES string of the molecule is CCN(CCCCC(C)(N)C(=O)OC)c1ccc(F)cc1. The fraction of sp³-hybridized carbons (Fsp3) is 0.562. The van der Waals surface area contributed by atoms with Crippen molar-refractivity contribution < 1.29 is 13.9 Å². The fourth-order valence-electron chi connectivity index (χ4n) is 2.25. The highest BCUT2D eigenvalue weighted by Gasteiger charge is 2.28. The number of ether oxygens (including phenoxy) is 1. The van der Waals surface area contributed by atoms with Crippen LogP contribution in [0, 0.1) is 5.82 Å². The summed E-state index contributed by atoms with van der Waals surface area (Å²) in [4.78, 5) is 13.7. The van der Waals surface area contributed by atoms with Crippen LogP contribution in [0.25, 0.3) is 0 Å². The molecular formula is C16H25FN2O2. The Morgan fingerprint density at radius 1 is 1.33 bits per heavy atom. The van der Waals surface area contributed by atoms with E-state index in [0.717, 1.165) is 31.6 Å². The number of hydrogen-bond donors (Lipinski definition) is 1. The lowest BCUT2D eigenvalue weighted by atomic mass is 9.96. The van der Waals surface area contributed by atoms with Gasteiger partial charge in [0.05, 0.1) is 7.11 Å². The van der Waals surface area contributed by atoms with Crippen molar-refractivity contribution in [2.24, 2.45) is 5.73 Å². The quantitative estimate of drug-likeness (QED) is 0.592. The summed E-state index contributed by atoms with van der Waals surface area (Å²) in [5.74, 6) is -0.611. The van der Waals surface area contributed by atoms with Crippen LogP contribution in [0.5, 0.6) is 0 Å². The van der Waals surface area contributed by atoms with Gasteiger partial charge < -0.3 is 15.4 Å². The molecule has 1 atom stereocenters. The number of nitrogens with two attached hydrogens (primary N) is 1. The zero-order valence-corrected chi connectivity index (χ0v) is 13.1. The molecule has 0 saturated heterocycles. The summed E-state index contributed by atoms with van der Waals surface area (Å²) in [6, 6.07) is 6.49. The first-order valence-electron chi connectivity index (χ1n) is 7.28. The van der Waals surface area contributed by atoms with Crippen LogP contribution >= 0.6 is 0 Å². The van der Waals surface area contributed by atoms with Crippen LogP contribution < -0.4 is 10.6 Å². The molecule has 5 heteroatoms. The Hall–Kier alpha value is -1.62. The monoisotopic (exact) mass is 296 g/mol. The highest BCUT2D eigenvalue weighted by atomic mass is 19.1. The second-order valence-corrected chi connectivity index (χ2v) is 5.42. The molecule has 0 fully saturated rings. The van der Waals surface area contributed by atoms with Gasteiger partial charge in [-0.2, -0.15) is 0 Å². The van der Waals surface area contributed by atoms with Gasteiger partial charge >= 0.3 is 5.97 Å². The molecule has 0 aromatic heterocycles. The molecule has 1 unspecified atom stereocenters. The van der Waals surface area contributed by atoms with E-state index in [2.05, 4.69) is 16.6 Å². The van der Waals surface area contributed by atoms with E-state index in [9.17, 15) is 9.18 Å². The summed E-state index contributed by atoms with van der Waals surface area (Å²) in [6.07, 6.45) is 2.33.